The third kappa shape index (κ3) is 3.75. The molecule has 6 heteroatoms. The Morgan fingerprint density at radius 1 is 1.00 bits per heavy atom. The zero-order valence-electron chi connectivity index (χ0n) is 17.0. The highest BCUT2D eigenvalue weighted by Gasteiger charge is 2.47. The second-order valence-electron chi connectivity index (χ2n) is 7.25. The predicted octanol–water partition coefficient (Wildman–Crippen LogP) is 5.39. The molecule has 1 N–H and O–H groups in total. The van der Waals surface area contributed by atoms with Gasteiger partial charge in [-0.3, -0.25) is 14.5 Å². The van der Waals surface area contributed by atoms with Crippen molar-refractivity contribution < 1.29 is 19.4 Å². The van der Waals surface area contributed by atoms with Crippen LogP contribution in [-0.2, 0) is 9.59 Å². The molecule has 4 rings (SSSR count). The number of para-hydroxylation sites is 1. The minimum absolute atomic E-state index is 0.0452. The van der Waals surface area contributed by atoms with E-state index in [1.807, 2.05) is 19.1 Å². The highest BCUT2D eigenvalue weighted by Crippen LogP contribution is 2.42. The molecule has 3 aromatic rings. The fourth-order valence-corrected chi connectivity index (χ4v) is 4.01. The summed E-state index contributed by atoms with van der Waals surface area (Å²) in [5, 5.41) is 11.2. The number of aliphatic hydroxyl groups is 1. The van der Waals surface area contributed by atoms with Gasteiger partial charge in [-0.2, -0.15) is 0 Å². The molecular formula is C25H20BrNO4. The van der Waals surface area contributed by atoms with E-state index in [1.54, 1.807) is 67.8 Å². The van der Waals surface area contributed by atoms with Crippen molar-refractivity contribution in [2.45, 2.75) is 13.0 Å². The van der Waals surface area contributed by atoms with Crippen LogP contribution in [0.4, 0.5) is 5.69 Å². The van der Waals surface area contributed by atoms with Crippen molar-refractivity contribution in [1.82, 2.24) is 0 Å². The van der Waals surface area contributed by atoms with Crippen LogP contribution in [0.25, 0.3) is 5.76 Å². The zero-order chi connectivity index (χ0) is 22.1. The first-order valence-corrected chi connectivity index (χ1v) is 10.5. The molecule has 1 aliphatic rings. The summed E-state index contributed by atoms with van der Waals surface area (Å²) in [6.45, 7) is 1.89. The number of anilines is 1. The number of ketones is 1. The molecule has 0 radical (unpaired) electrons. The molecule has 31 heavy (non-hydrogen) atoms. The monoisotopic (exact) mass is 477 g/mol. The van der Waals surface area contributed by atoms with Crippen molar-refractivity contribution in [3.63, 3.8) is 0 Å². The number of nitrogens with zero attached hydrogens (tertiary/aromatic N) is 1. The topological polar surface area (TPSA) is 66.8 Å². The van der Waals surface area contributed by atoms with Crippen LogP contribution in [-0.4, -0.2) is 23.9 Å². The van der Waals surface area contributed by atoms with E-state index in [9.17, 15) is 14.7 Å². The highest BCUT2D eigenvalue weighted by molar-refractivity contribution is 9.10. The Kier molecular flexibility index (Phi) is 5.65. The Morgan fingerprint density at radius 3 is 2.42 bits per heavy atom. The van der Waals surface area contributed by atoms with Crippen LogP contribution in [0.2, 0.25) is 0 Å². The number of aliphatic hydroxyl groups excluding tert-OH is 1. The Bertz CT molecular complexity index is 1200. The smallest absolute Gasteiger partial charge is 0.300 e. The molecule has 3 aromatic carbocycles. The van der Waals surface area contributed by atoms with E-state index >= 15 is 0 Å². The maximum Gasteiger partial charge on any atom is 0.300 e. The first kappa shape index (κ1) is 20.9. The van der Waals surface area contributed by atoms with Crippen molar-refractivity contribution in [3.8, 4) is 5.75 Å². The molecule has 0 bridgehead atoms. The van der Waals surface area contributed by atoms with Gasteiger partial charge in [-0.15, -0.1) is 0 Å². The molecule has 1 aliphatic heterocycles. The second-order valence-corrected chi connectivity index (χ2v) is 8.10. The van der Waals surface area contributed by atoms with Crippen LogP contribution in [0.15, 0.2) is 82.8 Å². The van der Waals surface area contributed by atoms with Gasteiger partial charge in [0.25, 0.3) is 11.7 Å². The molecule has 0 aliphatic carbocycles. The summed E-state index contributed by atoms with van der Waals surface area (Å²) in [5.74, 6) is -1.03. The lowest BCUT2D eigenvalue weighted by Gasteiger charge is -2.25. The summed E-state index contributed by atoms with van der Waals surface area (Å²) in [7, 11) is 1.55. The molecule has 1 fully saturated rings. The van der Waals surface area contributed by atoms with Crippen molar-refractivity contribution in [2.75, 3.05) is 12.0 Å². The Labute approximate surface area is 188 Å². The SMILES string of the molecule is COc1cccc(C2/C(=C(/O)c3ccc(Br)c(C)c3)C(=O)C(=O)N2c2ccccc2)c1. The molecule has 1 saturated heterocycles. The van der Waals surface area contributed by atoms with Crippen LogP contribution in [0.5, 0.6) is 5.75 Å². The van der Waals surface area contributed by atoms with Crippen molar-refractivity contribution in [1.29, 1.82) is 0 Å². The minimum Gasteiger partial charge on any atom is -0.507 e. The van der Waals surface area contributed by atoms with Gasteiger partial charge in [-0.1, -0.05) is 52.3 Å². The molecule has 1 amide bonds. The number of Topliss-reactive ketones (excluding diaryl/α,β-unsaturated/α-hetero) is 1. The van der Waals surface area contributed by atoms with Crippen LogP contribution in [0.1, 0.15) is 22.7 Å². The summed E-state index contributed by atoms with van der Waals surface area (Å²) < 4.78 is 6.23. The number of rotatable bonds is 4. The van der Waals surface area contributed by atoms with Gasteiger partial charge in [-0.25, -0.2) is 0 Å². The van der Waals surface area contributed by atoms with Crippen molar-refractivity contribution in [2.24, 2.45) is 0 Å². The van der Waals surface area contributed by atoms with E-state index in [0.29, 0.717) is 22.6 Å². The number of carbonyl (C=O) groups is 2. The van der Waals surface area contributed by atoms with Gasteiger partial charge in [0.1, 0.15) is 11.5 Å². The number of hydrogen-bond donors (Lipinski definition) is 1. The number of benzene rings is 3. The minimum atomic E-state index is -0.790. The van der Waals surface area contributed by atoms with Gasteiger partial charge in [-0.05, 0) is 54.4 Å². The number of aryl methyl sites for hydroxylation is 1. The lowest BCUT2D eigenvalue weighted by atomic mass is 9.94. The average molecular weight is 478 g/mol. The first-order valence-electron chi connectivity index (χ1n) is 9.69. The number of ether oxygens (including phenoxy) is 1. The fourth-order valence-electron chi connectivity index (χ4n) is 3.76. The standard InChI is InChI=1S/C25H20BrNO4/c1-15-13-17(11-12-20(15)26)23(28)21-22(16-7-6-10-19(14-16)31-2)27(25(30)24(21)29)18-8-4-3-5-9-18/h3-14,22,28H,1-2H3/b23-21-. The molecule has 0 spiro atoms. The molecule has 1 atom stereocenters. The van der Waals surface area contributed by atoms with Crippen molar-refractivity contribution >= 4 is 39.1 Å². The van der Waals surface area contributed by atoms with Crippen LogP contribution >= 0.6 is 15.9 Å². The summed E-state index contributed by atoms with van der Waals surface area (Å²) in [4.78, 5) is 27.7. The third-order valence-corrected chi connectivity index (χ3v) is 6.21. The molecule has 156 valence electrons. The number of methoxy groups -OCH3 is 1. The van der Waals surface area contributed by atoms with Gasteiger partial charge in [0.2, 0.25) is 0 Å². The molecule has 5 nitrogen and oxygen atoms in total. The van der Waals surface area contributed by atoms with Crippen LogP contribution in [0, 0.1) is 6.92 Å². The van der Waals surface area contributed by atoms with Gasteiger partial charge in [0.15, 0.2) is 0 Å². The van der Waals surface area contributed by atoms with Crippen LogP contribution in [0.3, 0.4) is 0 Å². The Balaban J connectivity index is 1.96. The quantitative estimate of drug-likeness (QED) is 0.310. The van der Waals surface area contributed by atoms with E-state index in [4.69, 9.17) is 4.74 Å². The molecule has 0 aromatic heterocycles. The number of carbonyl (C=O) groups excluding carboxylic acids is 2. The number of amides is 1. The zero-order valence-corrected chi connectivity index (χ0v) is 18.6. The lowest BCUT2D eigenvalue weighted by molar-refractivity contribution is -0.132. The molecule has 0 saturated carbocycles. The van der Waals surface area contributed by atoms with E-state index in [-0.39, 0.29) is 11.3 Å². The largest absolute Gasteiger partial charge is 0.507 e. The maximum absolute atomic E-state index is 13.1. The van der Waals surface area contributed by atoms with E-state index < -0.39 is 17.7 Å². The third-order valence-electron chi connectivity index (χ3n) is 5.32. The summed E-state index contributed by atoms with van der Waals surface area (Å²) >= 11 is 3.45. The Morgan fingerprint density at radius 2 is 1.74 bits per heavy atom. The molecule has 1 heterocycles. The summed E-state index contributed by atoms with van der Waals surface area (Å²) in [6.07, 6.45) is 0. The summed E-state index contributed by atoms with van der Waals surface area (Å²) in [6, 6.07) is 20.6. The van der Waals surface area contributed by atoms with Crippen LogP contribution < -0.4 is 9.64 Å². The first-order chi connectivity index (χ1) is 14.9. The van der Waals surface area contributed by atoms with Gasteiger partial charge < -0.3 is 9.84 Å². The number of halogens is 1. The average Bonchev–Trinajstić information content (AvgIpc) is 3.06. The fraction of sp³-hybridized carbons (Fsp3) is 0.120. The van der Waals surface area contributed by atoms with E-state index in [0.717, 1.165) is 10.0 Å². The van der Waals surface area contributed by atoms with Crippen molar-refractivity contribution in [3.05, 3.63) is 99.5 Å². The van der Waals surface area contributed by atoms with E-state index in [1.165, 1.54) is 4.90 Å². The second kappa shape index (κ2) is 8.40. The van der Waals surface area contributed by atoms with Gasteiger partial charge in [0.05, 0.1) is 18.7 Å². The number of hydrogen-bond acceptors (Lipinski definition) is 4. The summed E-state index contributed by atoms with van der Waals surface area (Å²) in [5.41, 5.74) is 2.66. The Hall–Kier alpha value is -3.38. The lowest BCUT2D eigenvalue weighted by Crippen LogP contribution is -2.29. The van der Waals surface area contributed by atoms with E-state index in [2.05, 4.69) is 15.9 Å². The van der Waals surface area contributed by atoms with Gasteiger partial charge in [0, 0.05) is 15.7 Å². The van der Waals surface area contributed by atoms with Gasteiger partial charge >= 0.3 is 0 Å². The highest BCUT2D eigenvalue weighted by atomic mass is 79.9. The maximum atomic E-state index is 13.1. The molecule has 1 unspecified atom stereocenters. The predicted molar refractivity (Wildman–Crippen MR) is 123 cm³/mol. The molecular weight excluding hydrogens is 458 g/mol. The normalized spacial score (nSPS) is 17.8.